The first kappa shape index (κ1) is 21.5. The average Bonchev–Trinajstić information content (AvgIpc) is 3.38. The Labute approximate surface area is 202 Å². The van der Waals surface area contributed by atoms with Crippen molar-refractivity contribution < 1.29 is 18.7 Å². The maximum atomic E-state index is 14.0. The van der Waals surface area contributed by atoms with E-state index in [1.165, 1.54) is 40.5 Å². The Bertz CT molecular complexity index is 1720. The van der Waals surface area contributed by atoms with Gasteiger partial charge in [0.15, 0.2) is 10.6 Å². The molecule has 1 atom stereocenters. The van der Waals surface area contributed by atoms with Gasteiger partial charge in [-0.3, -0.25) is 14.5 Å². The van der Waals surface area contributed by atoms with Crippen LogP contribution in [0.5, 0.6) is 5.75 Å². The number of benzene rings is 3. The number of aromatic nitrogens is 1. The molecule has 3 heterocycles. The fraction of sp³-hybridized carbons (Fsp3) is 0.148. The molecular weight excluding hydrogens is 467 g/mol. The van der Waals surface area contributed by atoms with Crippen LogP contribution in [0.3, 0.4) is 0 Å². The summed E-state index contributed by atoms with van der Waals surface area (Å²) >= 11 is 1.34. The van der Waals surface area contributed by atoms with Gasteiger partial charge in [0.25, 0.3) is 5.91 Å². The number of hydrogen-bond donors (Lipinski definition) is 1. The molecule has 0 aliphatic carbocycles. The van der Waals surface area contributed by atoms with Crippen molar-refractivity contribution in [3.05, 3.63) is 99.2 Å². The number of aromatic hydroxyl groups is 1. The van der Waals surface area contributed by atoms with E-state index in [0.29, 0.717) is 16.6 Å². The van der Waals surface area contributed by atoms with Gasteiger partial charge in [-0.2, -0.15) is 0 Å². The van der Waals surface area contributed by atoms with Crippen molar-refractivity contribution in [3.8, 4) is 5.75 Å². The van der Waals surface area contributed by atoms with Crippen LogP contribution in [0.1, 0.15) is 53.1 Å². The lowest BCUT2D eigenvalue weighted by Crippen LogP contribution is -2.29. The van der Waals surface area contributed by atoms with E-state index in [1.807, 2.05) is 12.1 Å². The Morgan fingerprint density at radius 3 is 2.69 bits per heavy atom. The molecule has 174 valence electrons. The fourth-order valence-corrected chi connectivity index (χ4v) is 5.58. The molecule has 1 amide bonds. The van der Waals surface area contributed by atoms with E-state index >= 15 is 0 Å². The number of anilines is 1. The first-order chi connectivity index (χ1) is 16.8. The predicted molar refractivity (Wildman–Crippen MR) is 133 cm³/mol. The average molecular weight is 487 g/mol. The van der Waals surface area contributed by atoms with E-state index in [4.69, 9.17) is 9.40 Å². The molecule has 1 aliphatic heterocycles. The summed E-state index contributed by atoms with van der Waals surface area (Å²) in [7, 11) is 0. The van der Waals surface area contributed by atoms with Crippen molar-refractivity contribution in [2.75, 3.05) is 4.90 Å². The Hall–Kier alpha value is -4.04. The normalized spacial score (nSPS) is 15.5. The van der Waals surface area contributed by atoms with Crippen LogP contribution >= 0.6 is 11.3 Å². The van der Waals surface area contributed by atoms with Crippen LogP contribution < -0.4 is 10.3 Å². The number of carbonyl (C=O) groups is 1. The Morgan fingerprint density at radius 1 is 1.09 bits per heavy atom. The van der Waals surface area contributed by atoms with Gasteiger partial charge in [-0.05, 0) is 59.5 Å². The molecule has 0 saturated carbocycles. The summed E-state index contributed by atoms with van der Waals surface area (Å²) in [6.07, 6.45) is 0. The van der Waals surface area contributed by atoms with Gasteiger partial charge < -0.3 is 9.52 Å². The van der Waals surface area contributed by atoms with Crippen molar-refractivity contribution >= 4 is 43.6 Å². The highest BCUT2D eigenvalue weighted by molar-refractivity contribution is 7.22. The van der Waals surface area contributed by atoms with Crippen LogP contribution in [0.4, 0.5) is 9.52 Å². The van der Waals surface area contributed by atoms with Gasteiger partial charge in [0, 0.05) is 0 Å². The third-order valence-corrected chi connectivity index (χ3v) is 7.31. The summed E-state index contributed by atoms with van der Waals surface area (Å²) in [4.78, 5) is 33.4. The molecule has 0 bridgehead atoms. The molecule has 0 unspecified atom stereocenters. The molecule has 35 heavy (non-hydrogen) atoms. The molecule has 1 N–H and O–H groups in total. The number of phenols is 1. The lowest BCUT2D eigenvalue weighted by molar-refractivity contribution is 0.0971. The highest BCUT2D eigenvalue weighted by Gasteiger charge is 2.45. The van der Waals surface area contributed by atoms with Crippen LogP contribution in [-0.2, 0) is 0 Å². The standard InChI is InChI=1S/C27H19FN2O4S/c1-13(2)14-6-8-19-21(11-14)35-27(29-19)30-23(15-4-3-5-17(31)10-15)22-24(32)18-12-16(28)7-9-20(18)34-25(22)26(30)33/h3-13,23,31H,1-2H3/t23-/m1/s1. The van der Waals surface area contributed by atoms with Gasteiger partial charge in [0.1, 0.15) is 17.1 Å². The van der Waals surface area contributed by atoms with E-state index in [2.05, 4.69) is 19.9 Å². The number of hydrogen-bond acceptors (Lipinski definition) is 6. The molecular formula is C27H19FN2O4S. The second-order valence-corrected chi connectivity index (χ2v) is 9.87. The lowest BCUT2D eigenvalue weighted by atomic mass is 9.98. The minimum Gasteiger partial charge on any atom is -0.508 e. The molecule has 6 rings (SSSR count). The zero-order chi connectivity index (χ0) is 24.4. The van der Waals surface area contributed by atoms with Gasteiger partial charge in [-0.25, -0.2) is 9.37 Å². The van der Waals surface area contributed by atoms with E-state index in [9.17, 15) is 19.1 Å². The molecule has 8 heteroatoms. The van der Waals surface area contributed by atoms with Crippen molar-refractivity contribution in [2.24, 2.45) is 0 Å². The maximum absolute atomic E-state index is 14.0. The van der Waals surface area contributed by atoms with Crippen LogP contribution in [0.15, 0.2) is 69.9 Å². The SMILES string of the molecule is CC(C)c1ccc2nc(N3C(=O)c4oc5ccc(F)cc5c(=O)c4[C@H]3c3cccc(O)c3)sc2c1. The van der Waals surface area contributed by atoms with Crippen LogP contribution in [-0.4, -0.2) is 16.0 Å². The number of nitrogens with zero attached hydrogens (tertiary/aromatic N) is 2. The molecule has 5 aromatic rings. The Kier molecular flexibility index (Phi) is 4.76. The molecule has 0 radical (unpaired) electrons. The first-order valence-electron chi connectivity index (χ1n) is 11.1. The van der Waals surface area contributed by atoms with Gasteiger partial charge in [0.2, 0.25) is 5.76 Å². The molecule has 3 aromatic carbocycles. The summed E-state index contributed by atoms with van der Waals surface area (Å²) in [5, 5.41) is 10.6. The zero-order valence-corrected chi connectivity index (χ0v) is 19.6. The lowest BCUT2D eigenvalue weighted by Gasteiger charge is -2.22. The van der Waals surface area contributed by atoms with Crippen molar-refractivity contribution in [1.82, 2.24) is 4.98 Å². The smallest absolute Gasteiger partial charge is 0.297 e. The highest BCUT2D eigenvalue weighted by atomic mass is 32.1. The molecule has 2 aromatic heterocycles. The van der Waals surface area contributed by atoms with Crippen LogP contribution in [0.25, 0.3) is 21.2 Å². The third-order valence-electron chi connectivity index (χ3n) is 6.29. The Morgan fingerprint density at radius 2 is 1.91 bits per heavy atom. The summed E-state index contributed by atoms with van der Waals surface area (Å²) in [5.41, 5.74) is 2.14. The topological polar surface area (TPSA) is 83.6 Å². The minimum absolute atomic E-state index is 0.00885. The summed E-state index contributed by atoms with van der Waals surface area (Å²) in [6.45, 7) is 4.21. The maximum Gasteiger partial charge on any atom is 0.297 e. The number of amides is 1. The van der Waals surface area contributed by atoms with E-state index < -0.39 is 23.2 Å². The molecule has 6 nitrogen and oxygen atoms in total. The molecule has 0 saturated heterocycles. The number of carbonyl (C=O) groups excluding carboxylic acids is 1. The van der Waals surface area contributed by atoms with Gasteiger partial charge in [-0.15, -0.1) is 0 Å². The van der Waals surface area contributed by atoms with Crippen molar-refractivity contribution in [1.29, 1.82) is 0 Å². The third kappa shape index (κ3) is 3.32. The quantitative estimate of drug-likeness (QED) is 0.332. The number of rotatable bonds is 3. The number of halogens is 1. The first-order valence-corrected chi connectivity index (χ1v) is 11.9. The van der Waals surface area contributed by atoms with Gasteiger partial charge in [0.05, 0.1) is 27.2 Å². The summed E-state index contributed by atoms with van der Waals surface area (Å²) < 4.78 is 20.7. The zero-order valence-electron chi connectivity index (χ0n) is 18.8. The van der Waals surface area contributed by atoms with Gasteiger partial charge >= 0.3 is 0 Å². The molecule has 0 fully saturated rings. The monoisotopic (exact) mass is 486 g/mol. The van der Waals surface area contributed by atoms with E-state index in [-0.39, 0.29) is 28.0 Å². The Balaban J connectivity index is 1.61. The summed E-state index contributed by atoms with van der Waals surface area (Å²) in [6, 6.07) is 15.1. The predicted octanol–water partition coefficient (Wildman–Crippen LogP) is 6.12. The van der Waals surface area contributed by atoms with E-state index in [1.54, 1.807) is 12.1 Å². The summed E-state index contributed by atoms with van der Waals surface area (Å²) in [5.74, 6) is -0.876. The highest BCUT2D eigenvalue weighted by Crippen LogP contribution is 2.44. The van der Waals surface area contributed by atoms with Crippen LogP contribution in [0, 0.1) is 5.82 Å². The van der Waals surface area contributed by atoms with Crippen LogP contribution in [0.2, 0.25) is 0 Å². The van der Waals surface area contributed by atoms with Crippen molar-refractivity contribution in [3.63, 3.8) is 0 Å². The minimum atomic E-state index is -0.890. The molecule has 0 spiro atoms. The van der Waals surface area contributed by atoms with Gasteiger partial charge in [-0.1, -0.05) is 43.4 Å². The van der Waals surface area contributed by atoms with Crippen molar-refractivity contribution in [2.45, 2.75) is 25.8 Å². The van der Waals surface area contributed by atoms with E-state index in [0.717, 1.165) is 21.8 Å². The largest absolute Gasteiger partial charge is 0.508 e. The fourth-order valence-electron chi connectivity index (χ4n) is 4.54. The molecule has 1 aliphatic rings. The number of thiazole rings is 1. The number of phenolic OH excluding ortho intramolecular Hbond substituents is 1. The second kappa shape index (κ2) is 7.74. The second-order valence-electron chi connectivity index (χ2n) is 8.87. The number of fused-ring (bicyclic) bond motifs is 3.